The van der Waals surface area contributed by atoms with Crippen LogP contribution < -0.4 is 10.2 Å². The zero-order valence-electron chi connectivity index (χ0n) is 15.1. The van der Waals surface area contributed by atoms with Gasteiger partial charge in [-0.25, -0.2) is 0 Å². The molecule has 0 aliphatic heterocycles. The van der Waals surface area contributed by atoms with Gasteiger partial charge in [-0.2, -0.15) is 0 Å². The predicted molar refractivity (Wildman–Crippen MR) is 112 cm³/mol. The molecule has 0 aliphatic rings. The predicted octanol–water partition coefficient (Wildman–Crippen LogP) is 4.71. The summed E-state index contributed by atoms with van der Waals surface area (Å²) in [5, 5.41) is 3.99. The van der Waals surface area contributed by atoms with Crippen molar-refractivity contribution < 1.29 is 4.79 Å². The average Bonchev–Trinajstić information content (AvgIpc) is 2.71. The third-order valence-corrected chi connectivity index (χ3v) is 4.54. The third kappa shape index (κ3) is 5.95. The molecular weight excluding hydrogens is 356 g/mol. The lowest BCUT2D eigenvalue weighted by Crippen LogP contribution is -2.38. The Kier molecular flexibility index (Phi) is 7.03. The van der Waals surface area contributed by atoms with Crippen LogP contribution in [0.5, 0.6) is 0 Å². The topological polar surface area (TPSA) is 32.3 Å². The molecule has 3 aromatic rings. The molecule has 0 fully saturated rings. The van der Waals surface area contributed by atoms with Gasteiger partial charge in [0, 0.05) is 10.7 Å². The van der Waals surface area contributed by atoms with Crippen molar-refractivity contribution >= 4 is 23.2 Å². The van der Waals surface area contributed by atoms with Gasteiger partial charge < -0.3 is 10.2 Å². The van der Waals surface area contributed by atoms with Crippen molar-refractivity contribution in [1.82, 2.24) is 5.32 Å². The molecule has 0 unspecified atom stereocenters. The molecule has 0 bridgehead atoms. The van der Waals surface area contributed by atoms with Crippen molar-refractivity contribution in [3.05, 3.63) is 101 Å². The monoisotopic (exact) mass is 378 g/mol. The number of carbonyl (C=O) groups excluding carboxylic acids is 1. The first-order valence-corrected chi connectivity index (χ1v) is 9.45. The zero-order chi connectivity index (χ0) is 18.9. The minimum absolute atomic E-state index is 0.0520. The molecule has 0 heterocycles. The third-order valence-electron chi connectivity index (χ3n) is 4.31. The summed E-state index contributed by atoms with van der Waals surface area (Å²) in [6.45, 7) is 1.57. The van der Waals surface area contributed by atoms with Gasteiger partial charge in [-0.15, -0.1) is 0 Å². The Balaban J connectivity index is 1.59. The van der Waals surface area contributed by atoms with Crippen LogP contribution in [0.25, 0.3) is 0 Å². The second-order valence-electron chi connectivity index (χ2n) is 6.36. The van der Waals surface area contributed by atoms with Crippen molar-refractivity contribution in [2.75, 3.05) is 18.0 Å². The van der Waals surface area contributed by atoms with Crippen molar-refractivity contribution in [2.45, 2.75) is 13.0 Å². The first-order valence-electron chi connectivity index (χ1n) is 9.07. The Morgan fingerprint density at radius 2 is 1.52 bits per heavy atom. The van der Waals surface area contributed by atoms with E-state index >= 15 is 0 Å². The smallest absolute Gasteiger partial charge is 0.241 e. The Morgan fingerprint density at radius 3 is 2.22 bits per heavy atom. The van der Waals surface area contributed by atoms with Gasteiger partial charge in [0.15, 0.2) is 0 Å². The molecular formula is C23H23ClN2O. The molecule has 0 saturated carbocycles. The number of anilines is 1. The molecule has 1 amide bonds. The molecule has 3 rings (SSSR count). The Labute approximate surface area is 165 Å². The lowest BCUT2D eigenvalue weighted by Gasteiger charge is -2.23. The molecule has 0 spiro atoms. The quantitative estimate of drug-likeness (QED) is 0.576. The molecule has 0 atom stereocenters. The number of carbonyl (C=O) groups is 1. The lowest BCUT2D eigenvalue weighted by molar-refractivity contribution is -0.117. The number of halogens is 1. The van der Waals surface area contributed by atoms with Crippen molar-refractivity contribution in [2.24, 2.45) is 0 Å². The SMILES string of the molecule is O=C(CNCCc1cccc(Cl)c1)N(Cc1ccccc1)c1ccccc1. The van der Waals surface area contributed by atoms with E-state index < -0.39 is 0 Å². The molecule has 4 heteroatoms. The van der Waals surface area contributed by atoms with E-state index in [2.05, 4.69) is 5.32 Å². The molecule has 138 valence electrons. The van der Waals surface area contributed by atoms with Crippen LogP contribution in [-0.4, -0.2) is 19.0 Å². The summed E-state index contributed by atoms with van der Waals surface area (Å²) in [6, 6.07) is 27.6. The normalized spacial score (nSPS) is 10.6. The summed E-state index contributed by atoms with van der Waals surface area (Å²) in [4.78, 5) is 14.7. The van der Waals surface area contributed by atoms with E-state index in [0.29, 0.717) is 13.1 Å². The van der Waals surface area contributed by atoms with Crippen LogP contribution in [0.15, 0.2) is 84.9 Å². The van der Waals surface area contributed by atoms with Gasteiger partial charge in [0.25, 0.3) is 0 Å². The van der Waals surface area contributed by atoms with E-state index in [-0.39, 0.29) is 5.91 Å². The maximum absolute atomic E-state index is 12.9. The fourth-order valence-corrected chi connectivity index (χ4v) is 3.13. The maximum atomic E-state index is 12.9. The number of amides is 1. The van der Waals surface area contributed by atoms with Gasteiger partial charge in [0.2, 0.25) is 5.91 Å². The average molecular weight is 379 g/mol. The number of rotatable bonds is 8. The van der Waals surface area contributed by atoms with E-state index in [1.54, 1.807) is 0 Å². The van der Waals surface area contributed by atoms with Crippen LogP contribution in [-0.2, 0) is 17.8 Å². The number of hydrogen-bond acceptors (Lipinski definition) is 2. The summed E-state index contributed by atoms with van der Waals surface area (Å²) in [7, 11) is 0. The molecule has 27 heavy (non-hydrogen) atoms. The molecule has 1 N–H and O–H groups in total. The second-order valence-corrected chi connectivity index (χ2v) is 6.79. The van der Waals surface area contributed by atoms with E-state index in [4.69, 9.17) is 11.6 Å². The van der Waals surface area contributed by atoms with Gasteiger partial charge in [0.05, 0.1) is 13.1 Å². The molecule has 0 aromatic heterocycles. The Morgan fingerprint density at radius 1 is 0.852 bits per heavy atom. The van der Waals surface area contributed by atoms with E-state index in [0.717, 1.165) is 34.8 Å². The number of nitrogens with one attached hydrogen (secondary N) is 1. The van der Waals surface area contributed by atoms with Crippen molar-refractivity contribution in [1.29, 1.82) is 0 Å². The van der Waals surface area contributed by atoms with E-state index in [9.17, 15) is 4.79 Å². The van der Waals surface area contributed by atoms with E-state index in [1.165, 1.54) is 0 Å². The fourth-order valence-electron chi connectivity index (χ4n) is 2.91. The lowest BCUT2D eigenvalue weighted by atomic mass is 10.1. The summed E-state index contributed by atoms with van der Waals surface area (Å²) in [6.07, 6.45) is 0.831. The Hall–Kier alpha value is -2.62. The highest BCUT2D eigenvalue weighted by atomic mass is 35.5. The molecule has 3 aromatic carbocycles. The summed E-state index contributed by atoms with van der Waals surface area (Å²) in [5.41, 5.74) is 3.17. The summed E-state index contributed by atoms with van der Waals surface area (Å²) in [5.74, 6) is 0.0520. The highest BCUT2D eigenvalue weighted by Gasteiger charge is 2.15. The minimum atomic E-state index is 0.0520. The van der Waals surface area contributed by atoms with Crippen LogP contribution in [0, 0.1) is 0 Å². The first kappa shape index (κ1) is 19.2. The molecule has 0 aliphatic carbocycles. The summed E-state index contributed by atoms with van der Waals surface area (Å²) < 4.78 is 0. The number of para-hydroxylation sites is 1. The number of hydrogen-bond donors (Lipinski definition) is 1. The van der Waals surface area contributed by atoms with Crippen LogP contribution in [0.2, 0.25) is 5.02 Å². The van der Waals surface area contributed by atoms with Crippen LogP contribution >= 0.6 is 11.6 Å². The molecule has 3 nitrogen and oxygen atoms in total. The molecule has 0 radical (unpaired) electrons. The van der Waals surface area contributed by atoms with Gasteiger partial charge in [0.1, 0.15) is 0 Å². The van der Waals surface area contributed by atoms with Gasteiger partial charge in [-0.1, -0.05) is 72.3 Å². The van der Waals surface area contributed by atoms with Gasteiger partial charge in [-0.05, 0) is 48.4 Å². The van der Waals surface area contributed by atoms with Crippen LogP contribution in [0.1, 0.15) is 11.1 Å². The standard InChI is InChI=1S/C23H23ClN2O/c24-21-11-7-10-19(16-21)14-15-25-17-23(27)26(22-12-5-2-6-13-22)18-20-8-3-1-4-9-20/h1-13,16,25H,14-15,17-18H2. The minimum Gasteiger partial charge on any atom is -0.308 e. The highest BCUT2D eigenvalue weighted by Crippen LogP contribution is 2.17. The Bertz CT molecular complexity index is 853. The zero-order valence-corrected chi connectivity index (χ0v) is 15.9. The number of benzene rings is 3. The first-order chi connectivity index (χ1) is 13.2. The fraction of sp³-hybridized carbons (Fsp3) is 0.174. The van der Waals surface area contributed by atoms with Gasteiger partial charge in [-0.3, -0.25) is 4.79 Å². The number of nitrogens with zero attached hydrogens (tertiary/aromatic N) is 1. The highest BCUT2D eigenvalue weighted by molar-refractivity contribution is 6.30. The van der Waals surface area contributed by atoms with Crippen LogP contribution in [0.3, 0.4) is 0 Å². The van der Waals surface area contributed by atoms with Crippen molar-refractivity contribution in [3.63, 3.8) is 0 Å². The molecule has 0 saturated heterocycles. The van der Waals surface area contributed by atoms with Gasteiger partial charge >= 0.3 is 0 Å². The van der Waals surface area contributed by atoms with Crippen LogP contribution in [0.4, 0.5) is 5.69 Å². The van der Waals surface area contributed by atoms with E-state index in [1.807, 2.05) is 89.8 Å². The van der Waals surface area contributed by atoms with Crippen molar-refractivity contribution in [3.8, 4) is 0 Å². The largest absolute Gasteiger partial charge is 0.308 e. The second kappa shape index (κ2) is 9.91. The maximum Gasteiger partial charge on any atom is 0.241 e. The summed E-state index contributed by atoms with van der Waals surface area (Å²) >= 11 is 6.01.